The van der Waals surface area contributed by atoms with Gasteiger partial charge in [0, 0.05) is 12.0 Å². The molecular weight excluding hydrogens is 164 g/mol. The second kappa shape index (κ2) is 2.92. The molecule has 0 amide bonds. The van der Waals surface area contributed by atoms with Gasteiger partial charge in [-0.2, -0.15) is 8.78 Å². The maximum absolute atomic E-state index is 13.2. The highest BCUT2D eigenvalue weighted by molar-refractivity contribution is 4.78. The number of nitrogens with zero attached hydrogens (tertiary/aromatic N) is 1. The van der Waals surface area contributed by atoms with Crippen LogP contribution in [0.3, 0.4) is 0 Å². The summed E-state index contributed by atoms with van der Waals surface area (Å²) in [5.74, 6) is 0. The van der Waals surface area contributed by atoms with Crippen LogP contribution in [0, 0.1) is 0 Å². The average Bonchev–Trinajstić information content (AvgIpc) is 1.83. The van der Waals surface area contributed by atoms with Crippen molar-refractivity contribution in [3.63, 3.8) is 0 Å². The van der Waals surface area contributed by atoms with Gasteiger partial charge in [0.1, 0.15) is 0 Å². The van der Waals surface area contributed by atoms with Crippen molar-refractivity contribution in [2.75, 3.05) is 6.61 Å². The van der Waals surface area contributed by atoms with Gasteiger partial charge in [-0.15, -0.1) is 5.06 Å². The van der Waals surface area contributed by atoms with E-state index in [4.69, 9.17) is 4.84 Å². The van der Waals surface area contributed by atoms with Crippen LogP contribution in [0.5, 0.6) is 0 Å². The molecule has 0 spiro atoms. The molecule has 12 heavy (non-hydrogen) atoms. The first-order chi connectivity index (χ1) is 5.34. The van der Waals surface area contributed by atoms with Gasteiger partial charge in [-0.05, 0) is 27.2 Å². The van der Waals surface area contributed by atoms with E-state index in [1.165, 1.54) is 0 Å². The maximum atomic E-state index is 13.2. The molecule has 2 nitrogen and oxygen atoms in total. The van der Waals surface area contributed by atoms with Crippen molar-refractivity contribution in [3.05, 3.63) is 0 Å². The van der Waals surface area contributed by atoms with Crippen LogP contribution in [0.4, 0.5) is 8.78 Å². The zero-order valence-corrected chi connectivity index (χ0v) is 7.73. The summed E-state index contributed by atoms with van der Waals surface area (Å²) in [7, 11) is 0. The van der Waals surface area contributed by atoms with Crippen LogP contribution in [0.2, 0.25) is 0 Å². The predicted molar refractivity (Wildman–Crippen MR) is 41.7 cm³/mol. The number of alkyl halides is 2. The Morgan fingerprint density at radius 3 is 2.25 bits per heavy atom. The Kier molecular flexibility index (Phi) is 2.40. The summed E-state index contributed by atoms with van der Waals surface area (Å²) in [6.45, 7) is 5.54. The minimum atomic E-state index is -2.81. The summed E-state index contributed by atoms with van der Waals surface area (Å²) < 4.78 is 26.3. The fraction of sp³-hybridized carbons (Fsp3) is 1.00. The molecule has 1 saturated heterocycles. The van der Waals surface area contributed by atoms with E-state index in [2.05, 4.69) is 0 Å². The lowest BCUT2D eigenvalue weighted by Crippen LogP contribution is -2.54. The van der Waals surface area contributed by atoms with Crippen molar-refractivity contribution in [1.29, 1.82) is 0 Å². The highest BCUT2D eigenvalue weighted by Gasteiger charge is 2.46. The van der Waals surface area contributed by atoms with Gasteiger partial charge in [-0.25, -0.2) is 0 Å². The summed E-state index contributed by atoms with van der Waals surface area (Å²) in [6, 6.07) is -2.81. The zero-order valence-electron chi connectivity index (χ0n) is 7.73. The zero-order chi connectivity index (χ0) is 9.41. The predicted octanol–water partition coefficient (Wildman–Crippen LogP) is 2.41. The largest absolute Gasteiger partial charge is 0.326 e. The van der Waals surface area contributed by atoms with Crippen molar-refractivity contribution in [3.8, 4) is 0 Å². The van der Waals surface area contributed by atoms with Crippen molar-refractivity contribution >= 4 is 0 Å². The van der Waals surface area contributed by atoms with Crippen LogP contribution in [0.15, 0.2) is 0 Å². The number of rotatable bonds is 0. The van der Waals surface area contributed by atoms with E-state index < -0.39 is 11.6 Å². The van der Waals surface area contributed by atoms with Crippen LogP contribution in [0.1, 0.15) is 33.6 Å². The first-order valence-corrected chi connectivity index (χ1v) is 4.15. The molecule has 1 aliphatic rings. The lowest BCUT2D eigenvalue weighted by atomic mass is 10.1. The Hall–Kier alpha value is -0.220. The number of hydrogen-bond donors (Lipinski definition) is 0. The van der Waals surface area contributed by atoms with Crippen molar-refractivity contribution < 1.29 is 13.6 Å². The molecule has 72 valence electrons. The Morgan fingerprint density at radius 1 is 1.33 bits per heavy atom. The maximum Gasteiger partial charge on any atom is 0.326 e. The first-order valence-electron chi connectivity index (χ1n) is 4.15. The monoisotopic (exact) mass is 179 g/mol. The third-order valence-electron chi connectivity index (χ3n) is 1.75. The molecule has 0 saturated carbocycles. The van der Waals surface area contributed by atoms with Gasteiger partial charge >= 0.3 is 6.05 Å². The molecule has 0 radical (unpaired) electrons. The second-order valence-electron chi connectivity index (χ2n) is 4.07. The van der Waals surface area contributed by atoms with E-state index in [9.17, 15) is 8.78 Å². The quantitative estimate of drug-likeness (QED) is 0.529. The second-order valence-corrected chi connectivity index (χ2v) is 4.07. The fourth-order valence-corrected chi connectivity index (χ4v) is 1.32. The van der Waals surface area contributed by atoms with Crippen molar-refractivity contribution in [2.45, 2.75) is 45.2 Å². The summed E-state index contributed by atoms with van der Waals surface area (Å²) in [5.41, 5.74) is -0.635. The topological polar surface area (TPSA) is 12.5 Å². The van der Waals surface area contributed by atoms with Gasteiger partial charge in [-0.3, -0.25) is 4.84 Å². The highest BCUT2D eigenvalue weighted by atomic mass is 19.3. The number of hydroxylamine groups is 2. The molecule has 0 N–H and O–H groups in total. The van der Waals surface area contributed by atoms with E-state index in [0.29, 0.717) is 13.0 Å². The molecule has 0 bridgehead atoms. The lowest BCUT2D eigenvalue weighted by molar-refractivity contribution is -0.372. The molecule has 0 aromatic rings. The van der Waals surface area contributed by atoms with E-state index in [0.717, 1.165) is 5.06 Å². The summed E-state index contributed by atoms with van der Waals surface area (Å²) in [5, 5.41) is 0.809. The van der Waals surface area contributed by atoms with Crippen LogP contribution in [-0.4, -0.2) is 23.3 Å². The highest BCUT2D eigenvalue weighted by Crippen LogP contribution is 2.35. The van der Waals surface area contributed by atoms with E-state index >= 15 is 0 Å². The smallest absolute Gasteiger partial charge is 0.293 e. The molecule has 0 atom stereocenters. The molecule has 1 fully saturated rings. The van der Waals surface area contributed by atoms with Crippen LogP contribution in [-0.2, 0) is 4.84 Å². The van der Waals surface area contributed by atoms with Gasteiger partial charge in [0.05, 0.1) is 6.61 Å². The van der Waals surface area contributed by atoms with E-state index in [1.807, 2.05) is 0 Å². The summed E-state index contributed by atoms with van der Waals surface area (Å²) >= 11 is 0. The molecule has 1 rings (SSSR count). The van der Waals surface area contributed by atoms with Gasteiger partial charge in [0.2, 0.25) is 0 Å². The minimum Gasteiger partial charge on any atom is -0.293 e. The molecule has 0 aromatic heterocycles. The Bertz CT molecular complexity index is 165. The van der Waals surface area contributed by atoms with Gasteiger partial charge < -0.3 is 0 Å². The van der Waals surface area contributed by atoms with Crippen LogP contribution >= 0.6 is 0 Å². The van der Waals surface area contributed by atoms with Gasteiger partial charge in [0.25, 0.3) is 0 Å². The summed E-state index contributed by atoms with van der Waals surface area (Å²) in [6.07, 6.45) is 0.323. The van der Waals surface area contributed by atoms with E-state index in [-0.39, 0.29) is 6.42 Å². The Morgan fingerprint density at radius 2 is 1.92 bits per heavy atom. The normalized spacial score (nSPS) is 25.8. The van der Waals surface area contributed by atoms with Crippen LogP contribution in [0.25, 0.3) is 0 Å². The minimum absolute atomic E-state index is 0.107. The third kappa shape index (κ3) is 1.93. The number of halogens is 2. The molecule has 0 unspecified atom stereocenters. The lowest BCUT2D eigenvalue weighted by Gasteiger charge is -2.42. The Balaban J connectivity index is 2.73. The third-order valence-corrected chi connectivity index (χ3v) is 1.75. The summed E-state index contributed by atoms with van der Waals surface area (Å²) in [4.78, 5) is 4.94. The molecule has 0 aliphatic carbocycles. The van der Waals surface area contributed by atoms with Gasteiger partial charge in [0.15, 0.2) is 0 Å². The molecule has 0 aromatic carbocycles. The average molecular weight is 179 g/mol. The SMILES string of the molecule is CC(C)(C)N1OCCCC1(F)F. The number of hydrogen-bond acceptors (Lipinski definition) is 2. The van der Waals surface area contributed by atoms with Crippen molar-refractivity contribution in [2.24, 2.45) is 0 Å². The van der Waals surface area contributed by atoms with Crippen LogP contribution < -0.4 is 0 Å². The fourth-order valence-electron chi connectivity index (χ4n) is 1.32. The standard InChI is InChI=1S/C8H15F2NO/c1-7(2,3)11-8(9,10)5-4-6-12-11/h4-6H2,1-3H3. The van der Waals surface area contributed by atoms with E-state index in [1.54, 1.807) is 20.8 Å². The Labute approximate surface area is 71.4 Å². The molecule has 4 heteroatoms. The molecule has 1 heterocycles. The molecule has 1 aliphatic heterocycles. The van der Waals surface area contributed by atoms with Crippen molar-refractivity contribution in [1.82, 2.24) is 5.06 Å². The first kappa shape index (κ1) is 9.86. The van der Waals surface area contributed by atoms with Gasteiger partial charge in [-0.1, -0.05) is 0 Å². The molecular formula is C8H15F2NO.